The van der Waals surface area contributed by atoms with Gasteiger partial charge in [-0.1, -0.05) is 13.8 Å². The maximum Gasteiger partial charge on any atom is 0.373 e. The second-order valence-electron chi connectivity index (χ2n) is 3.36. The standard InChI is InChI=1S/C9H13NO3/c1-6(2)3-4-8-10-5-7(13-8)9(11)12/h5-6H,3-4H2,1-2H3,(H,11,12). The maximum absolute atomic E-state index is 10.4. The Kier molecular flexibility index (Phi) is 3.06. The number of hydrogen-bond acceptors (Lipinski definition) is 3. The van der Waals surface area contributed by atoms with Gasteiger partial charge in [0.2, 0.25) is 5.76 Å². The number of rotatable bonds is 4. The largest absolute Gasteiger partial charge is 0.475 e. The van der Waals surface area contributed by atoms with Crippen molar-refractivity contribution in [3.63, 3.8) is 0 Å². The van der Waals surface area contributed by atoms with Gasteiger partial charge in [0.25, 0.3) is 0 Å². The zero-order chi connectivity index (χ0) is 9.84. The molecule has 0 aliphatic carbocycles. The summed E-state index contributed by atoms with van der Waals surface area (Å²) in [5.74, 6) is -0.0756. The van der Waals surface area contributed by atoms with Crippen molar-refractivity contribution in [2.45, 2.75) is 26.7 Å². The first-order chi connectivity index (χ1) is 6.09. The van der Waals surface area contributed by atoms with E-state index in [1.807, 2.05) is 0 Å². The predicted octanol–water partition coefficient (Wildman–Crippen LogP) is 1.96. The molecule has 0 unspecified atom stereocenters. The monoisotopic (exact) mass is 183 g/mol. The third kappa shape index (κ3) is 2.89. The fourth-order valence-corrected chi connectivity index (χ4v) is 0.937. The quantitative estimate of drug-likeness (QED) is 0.775. The second-order valence-corrected chi connectivity index (χ2v) is 3.36. The molecule has 0 saturated heterocycles. The predicted molar refractivity (Wildman–Crippen MR) is 46.6 cm³/mol. The zero-order valence-corrected chi connectivity index (χ0v) is 7.78. The second kappa shape index (κ2) is 4.07. The lowest BCUT2D eigenvalue weighted by Crippen LogP contribution is -1.93. The lowest BCUT2D eigenvalue weighted by molar-refractivity contribution is 0.0660. The van der Waals surface area contributed by atoms with Crippen LogP contribution in [0.15, 0.2) is 10.6 Å². The van der Waals surface area contributed by atoms with Gasteiger partial charge in [-0.2, -0.15) is 0 Å². The number of aromatic carboxylic acids is 1. The summed E-state index contributed by atoms with van der Waals surface area (Å²) in [5.41, 5.74) is 0. The Hall–Kier alpha value is -1.32. The molecular formula is C9H13NO3. The highest BCUT2D eigenvalue weighted by Crippen LogP contribution is 2.09. The van der Waals surface area contributed by atoms with Crippen LogP contribution in [-0.2, 0) is 6.42 Å². The first-order valence-electron chi connectivity index (χ1n) is 4.27. The van der Waals surface area contributed by atoms with E-state index in [1.165, 1.54) is 6.20 Å². The van der Waals surface area contributed by atoms with Gasteiger partial charge in [-0.15, -0.1) is 0 Å². The molecule has 0 aliphatic rings. The molecule has 1 aromatic rings. The number of carbonyl (C=O) groups is 1. The van der Waals surface area contributed by atoms with E-state index in [-0.39, 0.29) is 5.76 Å². The molecule has 4 nitrogen and oxygen atoms in total. The number of hydrogen-bond donors (Lipinski definition) is 1. The molecule has 0 atom stereocenters. The molecule has 1 heterocycles. The Morgan fingerprint density at radius 1 is 1.69 bits per heavy atom. The molecule has 0 saturated carbocycles. The normalized spacial score (nSPS) is 10.7. The first kappa shape index (κ1) is 9.77. The summed E-state index contributed by atoms with van der Waals surface area (Å²) in [4.78, 5) is 14.3. The average molecular weight is 183 g/mol. The lowest BCUT2D eigenvalue weighted by Gasteiger charge is -1.99. The van der Waals surface area contributed by atoms with Gasteiger partial charge in [0.05, 0.1) is 6.20 Å². The van der Waals surface area contributed by atoms with Crippen molar-refractivity contribution in [2.75, 3.05) is 0 Å². The van der Waals surface area contributed by atoms with E-state index < -0.39 is 5.97 Å². The number of nitrogens with zero attached hydrogens (tertiary/aromatic N) is 1. The van der Waals surface area contributed by atoms with Gasteiger partial charge >= 0.3 is 5.97 Å². The summed E-state index contributed by atoms with van der Waals surface area (Å²) in [5, 5.41) is 8.54. The summed E-state index contributed by atoms with van der Waals surface area (Å²) >= 11 is 0. The van der Waals surface area contributed by atoms with E-state index in [0.29, 0.717) is 18.2 Å². The van der Waals surface area contributed by atoms with Gasteiger partial charge in [0.15, 0.2) is 5.89 Å². The Morgan fingerprint density at radius 2 is 2.38 bits per heavy atom. The molecule has 1 rings (SSSR count). The maximum atomic E-state index is 10.4. The van der Waals surface area contributed by atoms with Gasteiger partial charge in [-0.05, 0) is 12.3 Å². The highest BCUT2D eigenvalue weighted by atomic mass is 16.4. The third-order valence-electron chi connectivity index (χ3n) is 1.70. The lowest BCUT2D eigenvalue weighted by atomic mass is 10.1. The van der Waals surface area contributed by atoms with Gasteiger partial charge in [0, 0.05) is 6.42 Å². The van der Waals surface area contributed by atoms with Crippen LogP contribution in [0.3, 0.4) is 0 Å². The molecule has 72 valence electrons. The van der Waals surface area contributed by atoms with Crippen LogP contribution in [0.2, 0.25) is 0 Å². The van der Waals surface area contributed by atoms with Crippen LogP contribution in [0.5, 0.6) is 0 Å². The highest BCUT2D eigenvalue weighted by molar-refractivity contribution is 5.83. The number of aryl methyl sites for hydroxylation is 1. The smallest absolute Gasteiger partial charge is 0.373 e. The fourth-order valence-electron chi connectivity index (χ4n) is 0.937. The van der Waals surface area contributed by atoms with Gasteiger partial charge < -0.3 is 9.52 Å². The van der Waals surface area contributed by atoms with Gasteiger partial charge in [-0.3, -0.25) is 0 Å². The van der Waals surface area contributed by atoms with Crippen LogP contribution in [-0.4, -0.2) is 16.1 Å². The van der Waals surface area contributed by atoms with Crippen LogP contribution >= 0.6 is 0 Å². The third-order valence-corrected chi connectivity index (χ3v) is 1.70. The van der Waals surface area contributed by atoms with E-state index in [9.17, 15) is 4.79 Å². The van der Waals surface area contributed by atoms with E-state index in [1.54, 1.807) is 0 Å². The summed E-state index contributed by atoms with van der Waals surface area (Å²) in [6.07, 6.45) is 2.91. The molecule has 0 radical (unpaired) electrons. The van der Waals surface area contributed by atoms with Crippen LogP contribution in [0, 0.1) is 5.92 Å². The van der Waals surface area contributed by atoms with Crippen molar-refractivity contribution in [1.82, 2.24) is 4.98 Å². The minimum atomic E-state index is -1.07. The van der Waals surface area contributed by atoms with E-state index in [4.69, 9.17) is 9.52 Å². The van der Waals surface area contributed by atoms with Crippen LogP contribution in [0.25, 0.3) is 0 Å². The first-order valence-corrected chi connectivity index (χ1v) is 4.27. The van der Waals surface area contributed by atoms with Gasteiger partial charge in [-0.25, -0.2) is 9.78 Å². The molecule has 0 amide bonds. The summed E-state index contributed by atoms with van der Waals surface area (Å²) in [7, 11) is 0. The molecule has 0 spiro atoms. The van der Waals surface area contributed by atoms with Gasteiger partial charge in [0.1, 0.15) is 0 Å². The average Bonchev–Trinajstić information content (AvgIpc) is 2.48. The molecule has 0 aliphatic heterocycles. The number of carboxylic acids is 1. The van der Waals surface area contributed by atoms with Crippen LogP contribution < -0.4 is 0 Å². The molecule has 4 heteroatoms. The Morgan fingerprint density at radius 3 is 2.85 bits per heavy atom. The molecule has 0 aromatic carbocycles. The van der Waals surface area contributed by atoms with Crippen molar-refractivity contribution < 1.29 is 14.3 Å². The number of aromatic nitrogens is 1. The Bertz CT molecular complexity index is 291. The molecule has 13 heavy (non-hydrogen) atoms. The van der Waals surface area contributed by atoms with Crippen LogP contribution in [0.1, 0.15) is 36.7 Å². The topological polar surface area (TPSA) is 63.3 Å². The summed E-state index contributed by atoms with van der Waals surface area (Å²) < 4.78 is 4.98. The van der Waals surface area contributed by atoms with Crippen molar-refractivity contribution in [3.05, 3.63) is 17.8 Å². The summed E-state index contributed by atoms with van der Waals surface area (Å²) in [6.45, 7) is 4.20. The van der Waals surface area contributed by atoms with Crippen LogP contribution in [0.4, 0.5) is 0 Å². The highest BCUT2D eigenvalue weighted by Gasteiger charge is 2.10. The SMILES string of the molecule is CC(C)CCc1ncc(C(=O)O)o1. The minimum Gasteiger partial charge on any atom is -0.475 e. The molecule has 0 fully saturated rings. The number of carboxylic acid groups (broad SMARTS) is 1. The Balaban J connectivity index is 2.54. The molecule has 1 N–H and O–H groups in total. The van der Waals surface area contributed by atoms with Crippen molar-refractivity contribution >= 4 is 5.97 Å². The number of oxazole rings is 1. The molecule has 1 aromatic heterocycles. The van der Waals surface area contributed by atoms with E-state index >= 15 is 0 Å². The molecule has 0 bridgehead atoms. The minimum absolute atomic E-state index is 0.0845. The Labute approximate surface area is 76.6 Å². The zero-order valence-electron chi connectivity index (χ0n) is 7.78. The van der Waals surface area contributed by atoms with E-state index in [2.05, 4.69) is 18.8 Å². The fraction of sp³-hybridized carbons (Fsp3) is 0.556. The van der Waals surface area contributed by atoms with Crippen molar-refractivity contribution in [1.29, 1.82) is 0 Å². The summed E-state index contributed by atoms with van der Waals surface area (Å²) in [6, 6.07) is 0. The van der Waals surface area contributed by atoms with E-state index in [0.717, 1.165) is 6.42 Å². The van der Waals surface area contributed by atoms with Crippen molar-refractivity contribution in [2.24, 2.45) is 5.92 Å². The molecular weight excluding hydrogens is 170 g/mol. The van der Waals surface area contributed by atoms with Crippen molar-refractivity contribution in [3.8, 4) is 0 Å².